The molecule has 25 heavy (non-hydrogen) atoms. The number of rotatable bonds is 8. The standard InChI is InChI=1S/C18H28N4O3/c1-13(2)12-25-9-7-17(23)21-15-5-6-16(20-10-15)22-8-3-4-14(11-22)18(19)24/h5-6,10,13-14H,3-4,7-9,11-12H2,1-2H3,(H2,19,24)(H,21,23)/t14-/m1/s1. The highest BCUT2D eigenvalue weighted by molar-refractivity contribution is 5.90. The van der Waals surface area contributed by atoms with E-state index in [2.05, 4.69) is 29.0 Å². The monoisotopic (exact) mass is 348 g/mol. The lowest BCUT2D eigenvalue weighted by atomic mass is 9.97. The molecular weight excluding hydrogens is 320 g/mol. The number of aromatic nitrogens is 1. The maximum absolute atomic E-state index is 11.9. The first kappa shape index (κ1) is 19.2. The van der Waals surface area contributed by atoms with Crippen molar-refractivity contribution in [2.75, 3.05) is 36.5 Å². The van der Waals surface area contributed by atoms with Gasteiger partial charge in [-0.1, -0.05) is 13.8 Å². The van der Waals surface area contributed by atoms with Crippen LogP contribution in [0.1, 0.15) is 33.1 Å². The predicted molar refractivity (Wildman–Crippen MR) is 97.3 cm³/mol. The highest BCUT2D eigenvalue weighted by atomic mass is 16.5. The Morgan fingerprint density at radius 3 is 2.88 bits per heavy atom. The van der Waals surface area contributed by atoms with E-state index in [1.165, 1.54) is 0 Å². The summed E-state index contributed by atoms with van der Waals surface area (Å²) < 4.78 is 5.41. The van der Waals surface area contributed by atoms with Crippen LogP contribution in [-0.4, -0.2) is 43.1 Å². The Morgan fingerprint density at radius 2 is 2.24 bits per heavy atom. The first-order valence-corrected chi connectivity index (χ1v) is 8.83. The van der Waals surface area contributed by atoms with E-state index in [1.54, 1.807) is 6.20 Å². The van der Waals surface area contributed by atoms with Gasteiger partial charge in [-0.15, -0.1) is 0 Å². The lowest BCUT2D eigenvalue weighted by molar-refractivity contribution is -0.122. The topological polar surface area (TPSA) is 97.5 Å². The molecule has 0 radical (unpaired) electrons. The number of anilines is 2. The van der Waals surface area contributed by atoms with Gasteiger partial charge in [-0.05, 0) is 30.9 Å². The number of nitrogens with zero attached hydrogens (tertiary/aromatic N) is 2. The molecule has 2 heterocycles. The molecule has 2 rings (SSSR count). The SMILES string of the molecule is CC(C)COCCC(=O)Nc1ccc(N2CCC[C@@H](C(N)=O)C2)nc1. The van der Waals surface area contributed by atoms with E-state index in [4.69, 9.17) is 10.5 Å². The van der Waals surface area contributed by atoms with Gasteiger partial charge in [0.2, 0.25) is 11.8 Å². The number of hydrogen-bond donors (Lipinski definition) is 2. The summed E-state index contributed by atoms with van der Waals surface area (Å²) in [6, 6.07) is 3.68. The van der Waals surface area contributed by atoms with Crippen molar-refractivity contribution in [1.82, 2.24) is 4.98 Å². The molecule has 0 saturated carbocycles. The van der Waals surface area contributed by atoms with Crippen molar-refractivity contribution in [3.63, 3.8) is 0 Å². The van der Waals surface area contributed by atoms with Crippen LogP contribution in [0.3, 0.4) is 0 Å². The number of carbonyl (C=O) groups excluding carboxylic acids is 2. The van der Waals surface area contributed by atoms with Crippen LogP contribution in [0, 0.1) is 11.8 Å². The van der Waals surface area contributed by atoms with Gasteiger partial charge in [-0.2, -0.15) is 0 Å². The molecule has 2 amide bonds. The molecule has 0 bridgehead atoms. The summed E-state index contributed by atoms with van der Waals surface area (Å²) in [5.74, 6) is 0.784. The number of carbonyl (C=O) groups is 2. The molecule has 1 saturated heterocycles. The molecule has 1 atom stereocenters. The molecule has 138 valence electrons. The van der Waals surface area contributed by atoms with Crippen molar-refractivity contribution >= 4 is 23.3 Å². The number of hydrogen-bond acceptors (Lipinski definition) is 5. The summed E-state index contributed by atoms with van der Waals surface area (Å²) in [6.07, 6.45) is 3.71. The smallest absolute Gasteiger partial charge is 0.226 e. The van der Waals surface area contributed by atoms with E-state index in [0.29, 0.717) is 37.8 Å². The minimum absolute atomic E-state index is 0.0925. The zero-order chi connectivity index (χ0) is 18.2. The van der Waals surface area contributed by atoms with Gasteiger partial charge >= 0.3 is 0 Å². The third-order valence-corrected chi connectivity index (χ3v) is 4.10. The molecule has 7 heteroatoms. The molecule has 0 aromatic carbocycles. The second kappa shape index (κ2) is 9.36. The average molecular weight is 348 g/mol. The minimum Gasteiger partial charge on any atom is -0.381 e. The molecule has 1 aliphatic rings. The fourth-order valence-corrected chi connectivity index (χ4v) is 2.77. The summed E-state index contributed by atoms with van der Waals surface area (Å²) in [5.41, 5.74) is 6.06. The molecule has 0 aliphatic carbocycles. The zero-order valence-corrected chi connectivity index (χ0v) is 15.0. The fraction of sp³-hybridized carbons (Fsp3) is 0.611. The second-order valence-electron chi connectivity index (χ2n) is 6.86. The highest BCUT2D eigenvalue weighted by Crippen LogP contribution is 2.22. The number of nitrogens with one attached hydrogen (secondary N) is 1. The second-order valence-corrected chi connectivity index (χ2v) is 6.86. The lowest BCUT2D eigenvalue weighted by Gasteiger charge is -2.32. The Balaban J connectivity index is 1.81. The van der Waals surface area contributed by atoms with Gasteiger partial charge < -0.3 is 20.7 Å². The van der Waals surface area contributed by atoms with Crippen molar-refractivity contribution in [3.8, 4) is 0 Å². The summed E-state index contributed by atoms with van der Waals surface area (Å²) in [4.78, 5) is 29.7. The third-order valence-electron chi connectivity index (χ3n) is 4.10. The third kappa shape index (κ3) is 6.34. The Hall–Kier alpha value is -2.15. The Morgan fingerprint density at radius 1 is 1.44 bits per heavy atom. The summed E-state index contributed by atoms with van der Waals surface area (Å²) in [5, 5.41) is 2.81. The molecule has 1 aromatic heterocycles. The van der Waals surface area contributed by atoms with E-state index in [1.807, 2.05) is 12.1 Å². The Labute approximate surface area is 148 Å². The lowest BCUT2D eigenvalue weighted by Crippen LogP contribution is -2.41. The van der Waals surface area contributed by atoms with Gasteiger partial charge in [0.05, 0.1) is 30.8 Å². The first-order chi connectivity index (χ1) is 12.0. The molecule has 1 aromatic rings. The van der Waals surface area contributed by atoms with Crippen LogP contribution in [-0.2, 0) is 14.3 Å². The maximum Gasteiger partial charge on any atom is 0.226 e. The Kier molecular flexibility index (Phi) is 7.18. The van der Waals surface area contributed by atoms with Crippen molar-refractivity contribution in [2.45, 2.75) is 33.1 Å². The van der Waals surface area contributed by atoms with Crippen LogP contribution in [0.4, 0.5) is 11.5 Å². The molecular formula is C18H28N4O3. The number of amides is 2. The quantitative estimate of drug-likeness (QED) is 0.698. The number of nitrogens with two attached hydrogens (primary N) is 1. The van der Waals surface area contributed by atoms with Gasteiger partial charge in [0.25, 0.3) is 0 Å². The molecule has 0 spiro atoms. The largest absolute Gasteiger partial charge is 0.381 e. The van der Waals surface area contributed by atoms with Gasteiger partial charge in [-0.25, -0.2) is 4.98 Å². The van der Waals surface area contributed by atoms with Crippen LogP contribution in [0.2, 0.25) is 0 Å². The number of primary amides is 1. The van der Waals surface area contributed by atoms with E-state index >= 15 is 0 Å². The Bertz CT molecular complexity index is 574. The van der Waals surface area contributed by atoms with E-state index in [-0.39, 0.29) is 17.7 Å². The molecule has 0 unspecified atom stereocenters. The number of ether oxygens (including phenoxy) is 1. The number of pyridine rings is 1. The van der Waals surface area contributed by atoms with Crippen molar-refractivity contribution in [2.24, 2.45) is 17.6 Å². The normalized spacial score (nSPS) is 17.6. The molecule has 7 nitrogen and oxygen atoms in total. The molecule has 3 N–H and O–H groups in total. The van der Waals surface area contributed by atoms with Gasteiger partial charge in [0, 0.05) is 19.7 Å². The van der Waals surface area contributed by atoms with Gasteiger partial charge in [0.1, 0.15) is 5.82 Å². The minimum atomic E-state index is -0.256. The van der Waals surface area contributed by atoms with Crippen molar-refractivity contribution < 1.29 is 14.3 Å². The van der Waals surface area contributed by atoms with E-state index < -0.39 is 0 Å². The summed E-state index contributed by atoms with van der Waals surface area (Å²) in [6.45, 7) is 6.67. The average Bonchev–Trinajstić information content (AvgIpc) is 2.59. The van der Waals surface area contributed by atoms with Crippen molar-refractivity contribution in [1.29, 1.82) is 0 Å². The number of piperidine rings is 1. The van der Waals surface area contributed by atoms with Crippen LogP contribution in [0.15, 0.2) is 18.3 Å². The first-order valence-electron chi connectivity index (χ1n) is 8.83. The predicted octanol–water partition coefficient (Wildman–Crippen LogP) is 1.78. The zero-order valence-electron chi connectivity index (χ0n) is 15.0. The van der Waals surface area contributed by atoms with Crippen LogP contribution < -0.4 is 16.0 Å². The fourth-order valence-electron chi connectivity index (χ4n) is 2.77. The van der Waals surface area contributed by atoms with Gasteiger partial charge in [-0.3, -0.25) is 9.59 Å². The van der Waals surface area contributed by atoms with Crippen LogP contribution >= 0.6 is 0 Å². The van der Waals surface area contributed by atoms with Crippen molar-refractivity contribution in [3.05, 3.63) is 18.3 Å². The maximum atomic E-state index is 11.9. The van der Waals surface area contributed by atoms with Crippen LogP contribution in [0.5, 0.6) is 0 Å². The molecule has 1 aliphatic heterocycles. The van der Waals surface area contributed by atoms with Gasteiger partial charge in [0.15, 0.2) is 0 Å². The van der Waals surface area contributed by atoms with Crippen LogP contribution in [0.25, 0.3) is 0 Å². The summed E-state index contributed by atoms with van der Waals surface area (Å²) >= 11 is 0. The summed E-state index contributed by atoms with van der Waals surface area (Å²) in [7, 11) is 0. The highest BCUT2D eigenvalue weighted by Gasteiger charge is 2.24. The van der Waals surface area contributed by atoms with E-state index in [0.717, 1.165) is 25.2 Å². The molecule has 1 fully saturated rings. The van der Waals surface area contributed by atoms with E-state index in [9.17, 15) is 9.59 Å².